The van der Waals surface area contributed by atoms with Crippen LogP contribution in [0.15, 0.2) is 12.4 Å². The van der Waals surface area contributed by atoms with Gasteiger partial charge in [-0.3, -0.25) is 20.1 Å². The molecule has 2 saturated heterocycles. The lowest BCUT2D eigenvalue weighted by molar-refractivity contribution is 0.0610. The molecule has 264 valence electrons. The first-order valence-corrected chi connectivity index (χ1v) is 17.7. The van der Waals surface area contributed by atoms with Crippen molar-refractivity contribution in [1.29, 1.82) is 5.26 Å². The van der Waals surface area contributed by atoms with E-state index < -0.39 is 23.3 Å². The molecule has 1 amide bonds. The summed E-state index contributed by atoms with van der Waals surface area (Å²) in [6, 6.07) is 2.43. The summed E-state index contributed by atoms with van der Waals surface area (Å²) in [6.45, 7) is 14.3. The molecule has 0 saturated carbocycles. The van der Waals surface area contributed by atoms with E-state index in [2.05, 4.69) is 38.0 Å². The van der Waals surface area contributed by atoms with Gasteiger partial charge in [0.05, 0.1) is 41.5 Å². The van der Waals surface area contributed by atoms with Crippen molar-refractivity contribution in [2.75, 3.05) is 49.5 Å². The first-order chi connectivity index (χ1) is 23.8. The molecule has 3 aromatic heterocycles. The number of nitrogens with zero attached hydrogens (tertiary/aromatic N) is 7. The van der Waals surface area contributed by atoms with E-state index >= 15 is 8.78 Å². The molecule has 15 heteroatoms. The van der Waals surface area contributed by atoms with E-state index in [9.17, 15) is 15.2 Å². The van der Waals surface area contributed by atoms with Crippen LogP contribution in [-0.2, 0) is 22.7 Å². The second kappa shape index (κ2) is 13.2. The Morgan fingerprint density at radius 3 is 2.62 bits per heavy atom. The predicted molar refractivity (Wildman–Crippen MR) is 186 cm³/mol. The molecule has 3 aliphatic rings. The van der Waals surface area contributed by atoms with Crippen LogP contribution in [0.4, 0.5) is 24.5 Å². The lowest BCUT2D eigenvalue weighted by atomic mass is 9.94. The summed E-state index contributed by atoms with van der Waals surface area (Å²) < 4.78 is 43.5. The number of nitrogens with one attached hydrogen (secondary N) is 1. The molecule has 0 bridgehead atoms. The number of aliphatic hydroxyl groups is 1. The van der Waals surface area contributed by atoms with E-state index in [1.165, 1.54) is 0 Å². The van der Waals surface area contributed by atoms with E-state index in [-0.39, 0.29) is 68.8 Å². The normalized spacial score (nSPS) is 20.7. The number of amides is 1. The fraction of sp³-hybridized carbons (Fsp3) is 0.514. The molecule has 0 radical (unpaired) electrons. The zero-order valence-corrected chi connectivity index (χ0v) is 29.5. The second-order valence-corrected chi connectivity index (χ2v) is 15.3. The first-order valence-electron chi connectivity index (χ1n) is 16.8. The Kier molecular flexibility index (Phi) is 9.10. The Hall–Kier alpha value is -4.07. The number of piperazine rings is 1. The van der Waals surface area contributed by atoms with Crippen LogP contribution < -0.4 is 10.2 Å². The molecule has 50 heavy (non-hydrogen) atoms. The number of rotatable bonds is 6. The fourth-order valence-electron chi connectivity index (χ4n) is 7.48. The van der Waals surface area contributed by atoms with Crippen LogP contribution in [0.25, 0.3) is 32.2 Å². The molecule has 0 spiro atoms. The number of carbonyl (C=O) groups is 1. The van der Waals surface area contributed by atoms with Crippen molar-refractivity contribution < 1.29 is 28.2 Å². The zero-order valence-electron chi connectivity index (χ0n) is 28.7. The molecule has 12 nitrogen and oxygen atoms in total. The van der Waals surface area contributed by atoms with Crippen molar-refractivity contribution >= 4 is 49.4 Å². The van der Waals surface area contributed by atoms with Crippen molar-refractivity contribution in [3.05, 3.63) is 40.7 Å². The van der Waals surface area contributed by atoms with Gasteiger partial charge in [0.25, 0.3) is 0 Å². The summed E-state index contributed by atoms with van der Waals surface area (Å²) >= 11 is 0.862. The molecule has 7 rings (SSSR count). The number of fused-ring (bicyclic) bond motifs is 4. The van der Waals surface area contributed by atoms with Crippen LogP contribution in [-0.4, -0.2) is 99.0 Å². The number of hydrogen-bond donors (Lipinski definition) is 2. The molecular formula is C35H40F2N8O4S. The molecule has 2 N–H and O–H groups in total. The van der Waals surface area contributed by atoms with Gasteiger partial charge in [-0.15, -0.1) is 11.3 Å². The zero-order chi connectivity index (χ0) is 35.5. The van der Waals surface area contributed by atoms with Crippen LogP contribution in [0.3, 0.4) is 0 Å². The van der Waals surface area contributed by atoms with E-state index in [1.807, 2.05) is 6.92 Å². The topological polar surface area (TPSA) is 140 Å². The van der Waals surface area contributed by atoms with Crippen LogP contribution in [0.5, 0.6) is 0 Å². The van der Waals surface area contributed by atoms with Crippen LogP contribution >= 0.6 is 11.3 Å². The quantitative estimate of drug-likeness (QED) is 0.267. The standard InChI is InChI=1S/C35H40F2N8O4S/c1-18(46)15-43-8-10-44(11-9-43)25-6-7-45(19(25)2)33-40-13-21-22-16-48-17-23(22)26(28(37)29(21)41-33)30-27-20(12-38)32(42-34(47)49-35(3,4)5)50-31(27)24(36)14-39-30/h13-14,18-19,25,46H,6-11,15-17H2,1-5H3,(H,42,47)/t18-,19+,25+/m1/s1. The maximum Gasteiger partial charge on any atom is 0.412 e. The molecule has 1 aromatic carbocycles. The van der Waals surface area contributed by atoms with Crippen molar-refractivity contribution in [2.24, 2.45) is 0 Å². The summed E-state index contributed by atoms with van der Waals surface area (Å²) in [5, 5.41) is 23.3. The number of aliphatic hydroxyl groups excluding tert-OH is 1. The lowest BCUT2D eigenvalue weighted by Crippen LogP contribution is -2.54. The third-order valence-corrected chi connectivity index (χ3v) is 10.8. The van der Waals surface area contributed by atoms with Crippen molar-refractivity contribution in [3.8, 4) is 17.3 Å². The minimum atomic E-state index is -0.803. The van der Waals surface area contributed by atoms with Crippen molar-refractivity contribution in [2.45, 2.75) is 78.0 Å². The molecule has 0 aliphatic carbocycles. The number of pyridine rings is 1. The number of nitriles is 1. The number of thiophene rings is 1. The number of ether oxygens (including phenoxy) is 2. The number of benzene rings is 1. The monoisotopic (exact) mass is 706 g/mol. The van der Waals surface area contributed by atoms with Gasteiger partial charge in [0.15, 0.2) is 11.6 Å². The SMILES string of the molecule is C[C@@H](O)CN1CCN([C@H]2CCN(c3ncc4c5c(c(-c6ncc(F)c7sc(NC(=O)OC(C)(C)C)c(C#N)c67)c(F)c4n3)COC5)[C@H]2C)CC1. The highest BCUT2D eigenvalue weighted by atomic mass is 32.1. The Morgan fingerprint density at radius 1 is 1.18 bits per heavy atom. The highest BCUT2D eigenvalue weighted by molar-refractivity contribution is 7.23. The second-order valence-electron chi connectivity index (χ2n) is 14.3. The maximum absolute atomic E-state index is 17.0. The first kappa shape index (κ1) is 34.4. The van der Waals surface area contributed by atoms with E-state index in [0.717, 1.165) is 50.1 Å². The van der Waals surface area contributed by atoms with E-state index in [0.29, 0.717) is 35.6 Å². The van der Waals surface area contributed by atoms with Crippen molar-refractivity contribution in [3.63, 3.8) is 0 Å². The predicted octanol–water partition coefficient (Wildman–Crippen LogP) is 5.40. The number of aromatic nitrogens is 3. The highest BCUT2D eigenvalue weighted by Crippen LogP contribution is 2.46. The highest BCUT2D eigenvalue weighted by Gasteiger charge is 2.38. The van der Waals surface area contributed by atoms with Crippen LogP contribution in [0, 0.1) is 23.0 Å². The number of β-amino-alcohol motifs (C(OH)–C–C–N with tert-alkyl or cyclic N) is 1. The summed E-state index contributed by atoms with van der Waals surface area (Å²) in [5.74, 6) is -0.955. The third-order valence-electron chi connectivity index (χ3n) is 9.69. The van der Waals surface area contributed by atoms with Gasteiger partial charge in [0.2, 0.25) is 5.95 Å². The average Bonchev–Trinajstić information content (AvgIpc) is 3.79. The van der Waals surface area contributed by atoms with Crippen molar-refractivity contribution in [1.82, 2.24) is 24.8 Å². The van der Waals surface area contributed by atoms with Crippen LogP contribution in [0.2, 0.25) is 0 Å². The molecular weight excluding hydrogens is 666 g/mol. The largest absolute Gasteiger partial charge is 0.444 e. The molecule has 6 heterocycles. The lowest BCUT2D eigenvalue weighted by Gasteiger charge is -2.40. The Morgan fingerprint density at radius 2 is 1.92 bits per heavy atom. The van der Waals surface area contributed by atoms with Gasteiger partial charge in [0.1, 0.15) is 22.2 Å². The van der Waals surface area contributed by atoms with Gasteiger partial charge in [-0.1, -0.05) is 0 Å². The summed E-state index contributed by atoms with van der Waals surface area (Å²) in [6.07, 6.45) is 2.40. The summed E-state index contributed by atoms with van der Waals surface area (Å²) in [7, 11) is 0. The van der Waals surface area contributed by atoms with E-state index in [4.69, 9.17) is 19.4 Å². The van der Waals surface area contributed by atoms with Gasteiger partial charge in [-0.25, -0.2) is 23.5 Å². The molecule has 2 fully saturated rings. The Labute approximate surface area is 292 Å². The minimum Gasteiger partial charge on any atom is -0.444 e. The van der Waals surface area contributed by atoms with Gasteiger partial charge < -0.3 is 19.5 Å². The number of halogens is 2. The minimum absolute atomic E-state index is 0.0444. The van der Waals surface area contributed by atoms with Gasteiger partial charge >= 0.3 is 6.09 Å². The molecule has 0 unspecified atom stereocenters. The third kappa shape index (κ3) is 6.24. The number of anilines is 2. The fourth-order valence-corrected chi connectivity index (χ4v) is 8.52. The Bertz CT molecular complexity index is 2020. The average molecular weight is 707 g/mol. The van der Waals surface area contributed by atoms with Crippen LogP contribution in [0.1, 0.15) is 57.7 Å². The van der Waals surface area contributed by atoms with Gasteiger partial charge in [0, 0.05) is 73.9 Å². The summed E-state index contributed by atoms with van der Waals surface area (Å²) in [5.41, 5.74) is 0.647. The number of carbonyl (C=O) groups excluding carboxylic acids is 1. The molecule has 3 atom stereocenters. The molecule has 4 aromatic rings. The Balaban J connectivity index is 1.26. The van der Waals surface area contributed by atoms with Gasteiger partial charge in [-0.05, 0) is 52.2 Å². The smallest absolute Gasteiger partial charge is 0.412 e. The summed E-state index contributed by atoms with van der Waals surface area (Å²) in [4.78, 5) is 33.4. The van der Waals surface area contributed by atoms with E-state index in [1.54, 1.807) is 27.0 Å². The molecule has 3 aliphatic heterocycles. The maximum atomic E-state index is 17.0. The van der Waals surface area contributed by atoms with Gasteiger partial charge in [-0.2, -0.15) is 5.26 Å². The number of hydrogen-bond acceptors (Lipinski definition) is 12.